The Morgan fingerprint density at radius 1 is 1.56 bits per heavy atom. The van der Waals surface area contributed by atoms with E-state index in [9.17, 15) is 0 Å². The third-order valence-electron chi connectivity index (χ3n) is 2.94. The summed E-state index contributed by atoms with van der Waals surface area (Å²) < 4.78 is 5.40. The summed E-state index contributed by atoms with van der Waals surface area (Å²) in [5.74, 6) is 1.81. The molecule has 1 aliphatic heterocycles. The van der Waals surface area contributed by atoms with Gasteiger partial charge in [-0.15, -0.1) is 0 Å². The van der Waals surface area contributed by atoms with Gasteiger partial charge in [0.15, 0.2) is 0 Å². The third-order valence-corrected chi connectivity index (χ3v) is 2.94. The minimum absolute atomic E-state index is 0.662. The Labute approximate surface area is 56.4 Å². The highest BCUT2D eigenvalue weighted by Gasteiger charge is 2.52. The average Bonchev–Trinajstić information content (AvgIpc) is 2.55. The molecule has 9 heavy (non-hydrogen) atoms. The lowest BCUT2D eigenvalue weighted by Gasteiger charge is -2.14. The maximum absolute atomic E-state index is 5.40. The average molecular weight is 126 g/mol. The molecule has 1 nitrogen and oxygen atoms in total. The van der Waals surface area contributed by atoms with Crippen molar-refractivity contribution in [2.75, 3.05) is 0 Å². The number of ether oxygens (including phenoxy) is 1. The Kier molecular flexibility index (Phi) is 1.10. The van der Waals surface area contributed by atoms with Gasteiger partial charge < -0.3 is 4.74 Å². The van der Waals surface area contributed by atoms with Crippen LogP contribution in [-0.2, 0) is 4.74 Å². The van der Waals surface area contributed by atoms with Crippen molar-refractivity contribution in [3.8, 4) is 0 Å². The summed E-state index contributed by atoms with van der Waals surface area (Å²) in [5, 5.41) is 0. The first-order valence-electron chi connectivity index (χ1n) is 3.98. The van der Waals surface area contributed by atoms with E-state index in [0.717, 1.165) is 11.8 Å². The first-order chi connectivity index (χ1) is 4.33. The van der Waals surface area contributed by atoms with Crippen LogP contribution in [0.4, 0.5) is 0 Å². The molecule has 4 atom stereocenters. The van der Waals surface area contributed by atoms with Crippen molar-refractivity contribution in [1.82, 2.24) is 0 Å². The van der Waals surface area contributed by atoms with E-state index in [0.29, 0.717) is 12.2 Å². The summed E-state index contributed by atoms with van der Waals surface area (Å²) in [6.45, 7) is 4.61. The molecule has 0 amide bonds. The van der Waals surface area contributed by atoms with Gasteiger partial charge >= 0.3 is 0 Å². The summed E-state index contributed by atoms with van der Waals surface area (Å²) in [7, 11) is 0. The lowest BCUT2D eigenvalue weighted by atomic mass is 9.95. The Morgan fingerprint density at radius 2 is 2.33 bits per heavy atom. The molecule has 1 aliphatic carbocycles. The van der Waals surface area contributed by atoms with E-state index in [4.69, 9.17) is 4.74 Å². The van der Waals surface area contributed by atoms with Crippen LogP contribution in [0.3, 0.4) is 0 Å². The molecule has 0 bridgehead atoms. The number of hydrogen-bond donors (Lipinski definition) is 0. The van der Waals surface area contributed by atoms with Gasteiger partial charge in [-0.3, -0.25) is 0 Å². The van der Waals surface area contributed by atoms with E-state index in [2.05, 4.69) is 13.8 Å². The number of rotatable bonds is 1. The second-order valence-corrected chi connectivity index (χ2v) is 3.40. The number of fused-ring (bicyclic) bond motifs is 1. The van der Waals surface area contributed by atoms with Crippen molar-refractivity contribution in [2.24, 2.45) is 11.8 Å². The Hall–Kier alpha value is -0.0400. The van der Waals surface area contributed by atoms with Crippen LogP contribution in [0.2, 0.25) is 0 Å². The highest BCUT2D eigenvalue weighted by atomic mass is 16.6. The van der Waals surface area contributed by atoms with E-state index < -0.39 is 0 Å². The molecule has 0 unspecified atom stereocenters. The van der Waals surface area contributed by atoms with Gasteiger partial charge in [-0.25, -0.2) is 0 Å². The van der Waals surface area contributed by atoms with Crippen LogP contribution in [0.1, 0.15) is 26.7 Å². The molecule has 0 aromatic carbocycles. The summed E-state index contributed by atoms with van der Waals surface area (Å²) >= 11 is 0. The van der Waals surface area contributed by atoms with E-state index >= 15 is 0 Å². The molecule has 0 spiro atoms. The third kappa shape index (κ3) is 0.710. The maximum Gasteiger partial charge on any atom is 0.0870 e. The summed E-state index contributed by atoms with van der Waals surface area (Å²) in [6.07, 6.45) is 4.01. The van der Waals surface area contributed by atoms with Crippen molar-refractivity contribution < 1.29 is 4.74 Å². The second-order valence-electron chi connectivity index (χ2n) is 3.40. The van der Waals surface area contributed by atoms with Gasteiger partial charge in [-0.1, -0.05) is 20.3 Å². The van der Waals surface area contributed by atoms with Crippen molar-refractivity contribution in [1.29, 1.82) is 0 Å². The van der Waals surface area contributed by atoms with Crippen LogP contribution in [0.15, 0.2) is 0 Å². The van der Waals surface area contributed by atoms with Gasteiger partial charge in [0.2, 0.25) is 0 Å². The lowest BCUT2D eigenvalue weighted by molar-refractivity contribution is 0.210. The zero-order valence-corrected chi connectivity index (χ0v) is 6.13. The molecular weight excluding hydrogens is 112 g/mol. The van der Waals surface area contributed by atoms with E-state index in [-0.39, 0.29) is 0 Å². The normalized spacial score (nSPS) is 55.3. The number of epoxide rings is 1. The fraction of sp³-hybridized carbons (Fsp3) is 1.00. The highest BCUT2D eigenvalue weighted by Crippen LogP contribution is 2.47. The van der Waals surface area contributed by atoms with Crippen LogP contribution in [-0.4, -0.2) is 12.2 Å². The maximum atomic E-state index is 5.40. The molecule has 52 valence electrons. The highest BCUT2D eigenvalue weighted by molar-refractivity contribution is 4.99. The van der Waals surface area contributed by atoms with E-state index in [1.165, 1.54) is 12.8 Å². The molecule has 2 rings (SSSR count). The molecule has 0 aromatic heterocycles. The van der Waals surface area contributed by atoms with Gasteiger partial charge in [-0.2, -0.15) is 0 Å². The van der Waals surface area contributed by atoms with Crippen LogP contribution < -0.4 is 0 Å². The standard InChI is InChI=1S/C8H14O/c1-3-6-4-7-8(9-7)5(6)2/h5-8H,3-4H2,1-2H3/t5-,6+,7+,8-/m1/s1. The SMILES string of the molecule is CC[C@H]1C[C@@H]2O[C@@H]2[C@@H]1C. The zero-order chi connectivity index (χ0) is 6.43. The molecule has 1 heterocycles. The minimum Gasteiger partial charge on any atom is -0.369 e. The summed E-state index contributed by atoms with van der Waals surface area (Å²) in [6, 6.07) is 0. The van der Waals surface area contributed by atoms with Crippen molar-refractivity contribution in [3.63, 3.8) is 0 Å². The van der Waals surface area contributed by atoms with Crippen LogP contribution in [0.5, 0.6) is 0 Å². The molecule has 0 radical (unpaired) electrons. The molecule has 1 heteroatoms. The smallest absolute Gasteiger partial charge is 0.0870 e. The van der Waals surface area contributed by atoms with Crippen LogP contribution in [0, 0.1) is 11.8 Å². The molecule has 2 aliphatic rings. The Morgan fingerprint density at radius 3 is 2.67 bits per heavy atom. The minimum atomic E-state index is 0.662. The first-order valence-corrected chi connectivity index (χ1v) is 3.98. The monoisotopic (exact) mass is 126 g/mol. The lowest BCUT2D eigenvalue weighted by Crippen LogP contribution is -2.09. The van der Waals surface area contributed by atoms with Crippen molar-refractivity contribution in [2.45, 2.75) is 38.9 Å². The zero-order valence-electron chi connectivity index (χ0n) is 6.13. The molecule has 1 saturated carbocycles. The summed E-state index contributed by atoms with van der Waals surface area (Å²) in [4.78, 5) is 0. The van der Waals surface area contributed by atoms with Gasteiger partial charge in [0.1, 0.15) is 0 Å². The topological polar surface area (TPSA) is 12.5 Å². The fourth-order valence-electron chi connectivity index (χ4n) is 2.13. The van der Waals surface area contributed by atoms with E-state index in [1.54, 1.807) is 0 Å². The van der Waals surface area contributed by atoms with Crippen LogP contribution >= 0.6 is 0 Å². The second kappa shape index (κ2) is 1.72. The molecule has 0 N–H and O–H groups in total. The van der Waals surface area contributed by atoms with Gasteiger partial charge in [0.05, 0.1) is 12.2 Å². The number of hydrogen-bond acceptors (Lipinski definition) is 1. The summed E-state index contributed by atoms with van der Waals surface area (Å²) in [5.41, 5.74) is 0. The molecular formula is C8H14O. The largest absolute Gasteiger partial charge is 0.369 e. The first kappa shape index (κ1) is 5.72. The van der Waals surface area contributed by atoms with E-state index in [1.807, 2.05) is 0 Å². The predicted molar refractivity (Wildman–Crippen MR) is 36.2 cm³/mol. The predicted octanol–water partition coefficient (Wildman–Crippen LogP) is 1.82. The van der Waals surface area contributed by atoms with Gasteiger partial charge in [0, 0.05) is 0 Å². The van der Waals surface area contributed by atoms with Gasteiger partial charge in [-0.05, 0) is 18.3 Å². The van der Waals surface area contributed by atoms with Crippen molar-refractivity contribution >= 4 is 0 Å². The van der Waals surface area contributed by atoms with Gasteiger partial charge in [0.25, 0.3) is 0 Å². The van der Waals surface area contributed by atoms with Crippen molar-refractivity contribution in [3.05, 3.63) is 0 Å². The molecule has 0 aromatic rings. The fourth-order valence-corrected chi connectivity index (χ4v) is 2.13. The molecule has 1 saturated heterocycles. The van der Waals surface area contributed by atoms with Crippen LogP contribution in [0.25, 0.3) is 0 Å². The molecule has 2 fully saturated rings. The Balaban J connectivity index is 1.99. The Bertz CT molecular complexity index is 122. The quantitative estimate of drug-likeness (QED) is 0.488.